The predicted molar refractivity (Wildman–Crippen MR) is 274 cm³/mol. The van der Waals surface area contributed by atoms with Crippen molar-refractivity contribution in [3.63, 3.8) is 0 Å². The molecule has 0 aliphatic rings. The third kappa shape index (κ3) is 13.0. The van der Waals surface area contributed by atoms with Gasteiger partial charge < -0.3 is 26.8 Å². The molecule has 17 heteroatoms. The van der Waals surface area contributed by atoms with Gasteiger partial charge in [-0.05, 0) is 123 Å². The van der Waals surface area contributed by atoms with E-state index in [0.29, 0.717) is 22.4 Å². The summed E-state index contributed by atoms with van der Waals surface area (Å²) < 4.78 is 104. The molecule has 0 aliphatic carbocycles. The first-order chi connectivity index (χ1) is 34.2. The number of benzene rings is 8. The van der Waals surface area contributed by atoms with Crippen molar-refractivity contribution in [3.8, 4) is 57.5 Å². The van der Waals surface area contributed by atoms with E-state index < -0.39 is 33.1 Å². The Bertz CT molecular complexity index is 3060. The van der Waals surface area contributed by atoms with E-state index in [1.165, 1.54) is 18.2 Å². The van der Waals surface area contributed by atoms with Crippen molar-refractivity contribution in [2.75, 3.05) is 0 Å². The Morgan fingerprint density at radius 2 is 0.662 bits per heavy atom. The van der Waals surface area contributed by atoms with E-state index in [-0.39, 0.29) is 40.2 Å². The van der Waals surface area contributed by atoms with E-state index in [4.69, 9.17) is 44.9 Å². The Labute approximate surface area is 415 Å². The molecule has 0 N–H and O–H groups in total. The van der Waals surface area contributed by atoms with Crippen molar-refractivity contribution in [2.45, 2.75) is 41.5 Å². The van der Waals surface area contributed by atoms with Crippen LogP contribution in [0, 0.1) is 41.5 Å². The van der Waals surface area contributed by atoms with E-state index >= 15 is 0 Å². The van der Waals surface area contributed by atoms with Crippen LogP contribution in [-0.2, 0) is 13.7 Å². The van der Waals surface area contributed by atoms with Gasteiger partial charge in [0.2, 0.25) is 0 Å². The minimum Gasteiger partial charge on any atom is -0.480 e. The molecule has 0 heterocycles. The highest BCUT2D eigenvalue weighted by molar-refractivity contribution is 7.49. The van der Waals surface area contributed by atoms with Crippen molar-refractivity contribution >= 4 is 38.3 Å². The van der Waals surface area contributed by atoms with Crippen LogP contribution >= 0.6 is 24.3 Å². The summed E-state index contributed by atoms with van der Waals surface area (Å²) in [6.45, 7) is 11.1. The van der Waals surface area contributed by atoms with Gasteiger partial charge in [0.05, 0.1) is 5.19 Å². The quantitative estimate of drug-likeness (QED) is 0.0498. The summed E-state index contributed by atoms with van der Waals surface area (Å²) in [5.41, 5.74) is 4.64. The zero-order valence-electron chi connectivity index (χ0n) is 39.5. The Kier molecular flexibility index (Phi) is 15.7. The summed E-state index contributed by atoms with van der Waals surface area (Å²) in [6, 6.07) is 53.7. The van der Waals surface area contributed by atoms with E-state index in [9.17, 15) is 13.7 Å². The van der Waals surface area contributed by atoms with Crippen LogP contribution in [-0.4, -0.2) is 8.80 Å². The fraction of sp³-hybridized carbons (Fsp3) is 0.111. The van der Waals surface area contributed by atoms with Crippen LogP contribution in [0.2, 0.25) is 0 Å². The predicted octanol–water partition coefficient (Wildman–Crippen LogP) is 14.8. The molecule has 0 aliphatic heterocycles. The lowest BCUT2D eigenvalue weighted by Crippen LogP contribution is -2.64. The second-order valence-electron chi connectivity index (χ2n) is 16.2. The number of rotatable bonds is 21. The number of hydrogen-bond acceptors (Lipinski definition) is 13. The van der Waals surface area contributed by atoms with Crippen LogP contribution in [0.3, 0.4) is 0 Å². The van der Waals surface area contributed by atoms with Gasteiger partial charge in [-0.1, -0.05) is 121 Å². The molecule has 0 fully saturated rings. The first-order valence-corrected chi connectivity index (χ1v) is 27.6. The fourth-order valence-electron chi connectivity index (χ4n) is 7.23. The first-order valence-electron chi connectivity index (χ1n) is 22.2. The Morgan fingerprint density at radius 3 is 1.10 bits per heavy atom. The van der Waals surface area contributed by atoms with Crippen molar-refractivity contribution in [1.82, 2.24) is 0 Å². The van der Waals surface area contributed by atoms with Crippen LogP contribution < -0.4 is 50.1 Å². The highest BCUT2D eigenvalue weighted by Gasteiger charge is 2.53. The molecule has 0 bridgehead atoms. The summed E-state index contributed by atoms with van der Waals surface area (Å²) in [5.74, 6) is 2.51. The zero-order valence-corrected chi connectivity index (χ0v) is 43.2. The molecule has 8 aromatic carbocycles. The van der Waals surface area contributed by atoms with Crippen molar-refractivity contribution in [1.29, 1.82) is 0 Å². The van der Waals surface area contributed by atoms with Crippen molar-refractivity contribution in [2.24, 2.45) is 0 Å². The first kappa shape index (κ1) is 49.8. The Hall–Kier alpha value is -7.59. The van der Waals surface area contributed by atoms with Crippen LogP contribution in [0.15, 0.2) is 188 Å². The maximum absolute atomic E-state index is 14.8. The molecule has 0 saturated heterocycles. The SMILES string of the molecule is Cc1cccc(C)c1O[P+](=O)Oc1cccc(O[Si](Oc2cccc(O[P+](=O)Oc3c(C)cccc3C)c2)(Oc2cccc(OP(=O)(Oc3ccccc3)Oc3c(C)cccc3C)c2)c2ccccc2)c1. The number of aryl methyl sites for hydroxylation is 6. The molecule has 71 heavy (non-hydrogen) atoms. The third-order valence-electron chi connectivity index (χ3n) is 10.6. The average Bonchev–Trinajstić information content (AvgIpc) is 3.33. The molecule has 13 nitrogen and oxygen atoms in total. The highest BCUT2D eigenvalue weighted by atomic mass is 31.2. The summed E-state index contributed by atoms with van der Waals surface area (Å²) in [7, 11) is -14.2. The lowest BCUT2D eigenvalue weighted by molar-refractivity contribution is 0.279. The highest BCUT2D eigenvalue weighted by Crippen LogP contribution is 2.51. The smallest absolute Gasteiger partial charge is 0.480 e. The molecular weight excluding hydrogens is 978 g/mol. The number of phosphoric ester groups is 1. The minimum absolute atomic E-state index is 0.0649. The van der Waals surface area contributed by atoms with E-state index in [2.05, 4.69) is 0 Å². The molecule has 8 aromatic rings. The topological polar surface area (TPSA) is 144 Å². The maximum atomic E-state index is 14.8. The van der Waals surface area contributed by atoms with Gasteiger partial charge in [0.15, 0.2) is 23.0 Å². The number of hydrogen-bond donors (Lipinski definition) is 0. The number of para-hydroxylation sites is 4. The minimum atomic E-state index is -4.47. The lowest BCUT2D eigenvalue weighted by atomic mass is 10.1. The molecule has 0 radical (unpaired) electrons. The summed E-state index contributed by atoms with van der Waals surface area (Å²) in [4.78, 5) is 0. The zero-order chi connectivity index (χ0) is 50.0. The largest absolute Gasteiger partial charge is 0.805 e. The summed E-state index contributed by atoms with van der Waals surface area (Å²) >= 11 is 0. The van der Waals surface area contributed by atoms with Gasteiger partial charge in [-0.15, -0.1) is 0 Å². The molecule has 8 rings (SSSR count). The van der Waals surface area contributed by atoms with E-state index in [1.807, 2.05) is 102 Å². The number of phosphoric acid groups is 1. The van der Waals surface area contributed by atoms with Crippen LogP contribution in [0.25, 0.3) is 0 Å². The third-order valence-corrected chi connectivity index (χ3v) is 15.8. The van der Waals surface area contributed by atoms with Gasteiger partial charge in [-0.3, -0.25) is 0 Å². The molecule has 360 valence electrons. The van der Waals surface area contributed by atoms with Gasteiger partial charge in [0.25, 0.3) is 0 Å². The molecule has 0 spiro atoms. The second kappa shape index (κ2) is 22.4. The van der Waals surface area contributed by atoms with Gasteiger partial charge in [-0.2, -0.15) is 4.57 Å². The van der Waals surface area contributed by atoms with Gasteiger partial charge in [0, 0.05) is 27.3 Å². The van der Waals surface area contributed by atoms with Crippen molar-refractivity contribution in [3.05, 3.63) is 221 Å². The molecule has 0 saturated carbocycles. The molecule has 0 aromatic heterocycles. The van der Waals surface area contributed by atoms with E-state index in [0.717, 1.165) is 33.4 Å². The van der Waals surface area contributed by atoms with Crippen LogP contribution in [0.1, 0.15) is 33.4 Å². The molecule has 3 atom stereocenters. The van der Waals surface area contributed by atoms with E-state index in [1.54, 1.807) is 109 Å². The van der Waals surface area contributed by atoms with Crippen molar-refractivity contribution < 1.29 is 58.6 Å². The van der Waals surface area contributed by atoms with Crippen LogP contribution in [0.4, 0.5) is 0 Å². The van der Waals surface area contributed by atoms with Gasteiger partial charge in [-0.25, -0.2) is 18.1 Å². The summed E-state index contributed by atoms with van der Waals surface area (Å²) in [5, 5.41) is 0.495. The molecule has 3 unspecified atom stereocenters. The standard InChI is InChI=1S/C54H49O13P3Si/c1-38-19-13-20-39(2)52(38)60-68(55)58-45-27-16-30-48(35-45)65-71(51-33-11-8-12-34-51,66-49-31-17-28-46(36-49)59-69(56)61-53-40(3)21-14-22-41(53)4)67-50-32-18-29-47(37-50)63-70(57,62-44-25-9-7-10-26-44)64-54-42(5)23-15-24-43(54)6/h7-37H,1-6H3/q+2. The van der Waals surface area contributed by atoms with Gasteiger partial charge >= 0.3 is 33.1 Å². The lowest BCUT2D eigenvalue weighted by Gasteiger charge is -2.30. The normalized spacial score (nSPS) is 13.0. The monoisotopic (exact) mass is 1030 g/mol. The summed E-state index contributed by atoms with van der Waals surface area (Å²) in [6.07, 6.45) is 0. The average molecular weight is 1030 g/mol. The Morgan fingerprint density at radius 1 is 0.338 bits per heavy atom. The Balaban J connectivity index is 1.15. The molecule has 0 amide bonds. The van der Waals surface area contributed by atoms with Gasteiger partial charge in [0.1, 0.15) is 34.5 Å². The maximum Gasteiger partial charge on any atom is 0.805 e. The second-order valence-corrected chi connectivity index (χ2v) is 21.5. The fourth-order valence-corrected chi connectivity index (χ4v) is 12.5. The van der Waals surface area contributed by atoms with Crippen LogP contribution in [0.5, 0.6) is 57.5 Å². The molecular formula is C54H49O13P3Si+2.